The van der Waals surface area contributed by atoms with Crippen LogP contribution < -0.4 is 4.74 Å². The number of amides is 1. The number of methoxy groups -OCH3 is 1. The fraction of sp³-hybridized carbons (Fsp3) is 0.167. The molecule has 0 aromatic heterocycles. The average molecular weight is 373 g/mol. The normalized spacial score (nSPS) is 10.4. The van der Waals surface area contributed by atoms with Gasteiger partial charge in [-0.05, 0) is 19.1 Å². The maximum absolute atomic E-state index is 13.1. The summed E-state index contributed by atoms with van der Waals surface area (Å²) in [5.41, 5.74) is 3.37. The van der Waals surface area contributed by atoms with E-state index in [4.69, 9.17) is 4.74 Å². The Morgan fingerprint density at radius 1 is 0.893 bits per heavy atom. The van der Waals surface area contributed by atoms with Gasteiger partial charge in [-0.15, -0.1) is 0 Å². The van der Waals surface area contributed by atoms with Gasteiger partial charge < -0.3 is 9.64 Å². The number of carbonyl (C=O) groups is 2. The molecule has 3 aromatic carbocycles. The van der Waals surface area contributed by atoms with Crippen molar-refractivity contribution in [3.8, 4) is 5.75 Å². The molecule has 3 rings (SSSR count). The maximum Gasteiger partial charge on any atom is 0.254 e. The van der Waals surface area contributed by atoms with Gasteiger partial charge in [0.15, 0.2) is 5.78 Å². The van der Waals surface area contributed by atoms with Crippen LogP contribution in [-0.4, -0.2) is 30.7 Å². The first-order valence-electron chi connectivity index (χ1n) is 9.09. The molecule has 0 atom stereocenters. The third kappa shape index (κ3) is 4.12. The highest BCUT2D eigenvalue weighted by atomic mass is 16.5. The van der Waals surface area contributed by atoms with Crippen LogP contribution in [0.5, 0.6) is 5.75 Å². The van der Waals surface area contributed by atoms with E-state index >= 15 is 0 Å². The summed E-state index contributed by atoms with van der Waals surface area (Å²) in [6, 6.07) is 21.8. The van der Waals surface area contributed by atoms with Gasteiger partial charge in [0.2, 0.25) is 0 Å². The first kappa shape index (κ1) is 19.4. The van der Waals surface area contributed by atoms with E-state index in [1.807, 2.05) is 43.3 Å². The number of rotatable bonds is 6. The first-order valence-corrected chi connectivity index (χ1v) is 9.09. The summed E-state index contributed by atoms with van der Waals surface area (Å²) in [4.78, 5) is 27.6. The molecule has 1 amide bonds. The van der Waals surface area contributed by atoms with Crippen molar-refractivity contribution in [3.63, 3.8) is 0 Å². The Balaban J connectivity index is 1.89. The van der Waals surface area contributed by atoms with Gasteiger partial charge in [0.25, 0.3) is 5.91 Å². The zero-order valence-corrected chi connectivity index (χ0v) is 16.3. The van der Waals surface area contributed by atoms with E-state index in [1.54, 1.807) is 55.5 Å². The molecule has 0 saturated heterocycles. The number of hydrogen-bond acceptors (Lipinski definition) is 3. The molecule has 0 spiro atoms. The number of aryl methyl sites for hydroxylation is 1. The van der Waals surface area contributed by atoms with Crippen LogP contribution >= 0.6 is 0 Å². The highest BCUT2D eigenvalue weighted by Crippen LogP contribution is 2.23. The minimum absolute atomic E-state index is 0.161. The zero-order valence-electron chi connectivity index (χ0n) is 16.3. The van der Waals surface area contributed by atoms with Crippen molar-refractivity contribution in [3.05, 3.63) is 101 Å². The molecular formula is C24H23NO3. The average Bonchev–Trinajstić information content (AvgIpc) is 2.73. The van der Waals surface area contributed by atoms with Crippen molar-refractivity contribution in [2.45, 2.75) is 13.5 Å². The molecule has 0 aliphatic carbocycles. The summed E-state index contributed by atoms with van der Waals surface area (Å²) in [5.74, 6) is 0.369. The molecular weight excluding hydrogens is 350 g/mol. The second-order valence-electron chi connectivity index (χ2n) is 6.72. The third-order valence-electron chi connectivity index (χ3n) is 4.63. The summed E-state index contributed by atoms with van der Waals surface area (Å²) < 4.78 is 5.41. The molecule has 0 aliphatic rings. The topological polar surface area (TPSA) is 46.6 Å². The number of hydrogen-bond donors (Lipinski definition) is 0. The molecule has 0 heterocycles. The Morgan fingerprint density at radius 2 is 1.54 bits per heavy atom. The fourth-order valence-corrected chi connectivity index (χ4v) is 3.18. The van der Waals surface area contributed by atoms with Crippen molar-refractivity contribution in [1.82, 2.24) is 4.90 Å². The van der Waals surface area contributed by atoms with E-state index in [0.29, 0.717) is 23.2 Å². The minimum atomic E-state index is -0.205. The highest BCUT2D eigenvalue weighted by molar-refractivity contribution is 6.15. The number of nitrogens with zero attached hydrogens (tertiary/aromatic N) is 1. The van der Waals surface area contributed by atoms with E-state index < -0.39 is 0 Å². The quantitative estimate of drug-likeness (QED) is 0.598. The fourth-order valence-electron chi connectivity index (χ4n) is 3.18. The third-order valence-corrected chi connectivity index (χ3v) is 4.63. The lowest BCUT2D eigenvalue weighted by molar-refractivity contribution is 0.0779. The summed E-state index contributed by atoms with van der Waals surface area (Å²) in [5, 5.41) is 0. The van der Waals surface area contributed by atoms with Crippen LogP contribution in [-0.2, 0) is 6.54 Å². The Morgan fingerprint density at radius 3 is 2.21 bits per heavy atom. The van der Waals surface area contributed by atoms with Gasteiger partial charge in [-0.3, -0.25) is 9.59 Å². The minimum Gasteiger partial charge on any atom is -0.496 e. The van der Waals surface area contributed by atoms with Crippen molar-refractivity contribution in [2.24, 2.45) is 0 Å². The van der Waals surface area contributed by atoms with E-state index in [1.165, 1.54) is 0 Å². The van der Waals surface area contributed by atoms with E-state index in [0.717, 1.165) is 16.9 Å². The van der Waals surface area contributed by atoms with Gasteiger partial charge >= 0.3 is 0 Å². The Labute approximate surface area is 165 Å². The molecule has 4 heteroatoms. The van der Waals surface area contributed by atoms with E-state index in [2.05, 4.69) is 0 Å². The second kappa shape index (κ2) is 8.53. The highest BCUT2D eigenvalue weighted by Gasteiger charge is 2.21. The first-order chi connectivity index (χ1) is 13.5. The van der Waals surface area contributed by atoms with Gasteiger partial charge in [-0.25, -0.2) is 0 Å². The standard InChI is InChI=1S/C24H23NO3/c1-17-13-14-22(28-3)19(15-17)16-25(2)24(27)21-12-8-7-11-20(21)23(26)18-9-5-4-6-10-18/h4-15H,16H2,1-3H3. The molecule has 0 radical (unpaired) electrons. The Bertz CT molecular complexity index is 996. The monoisotopic (exact) mass is 373 g/mol. The van der Waals surface area contributed by atoms with Crippen molar-refractivity contribution in [2.75, 3.05) is 14.2 Å². The lowest BCUT2D eigenvalue weighted by Crippen LogP contribution is -2.28. The van der Waals surface area contributed by atoms with E-state index in [-0.39, 0.29) is 11.7 Å². The predicted molar refractivity (Wildman–Crippen MR) is 110 cm³/mol. The SMILES string of the molecule is COc1ccc(C)cc1CN(C)C(=O)c1ccccc1C(=O)c1ccccc1. The van der Waals surface area contributed by atoms with Crippen LogP contribution in [0.3, 0.4) is 0 Å². The molecule has 0 unspecified atom stereocenters. The molecule has 0 bridgehead atoms. The van der Waals surface area contributed by atoms with Gasteiger partial charge in [0.1, 0.15) is 5.75 Å². The number of ketones is 1. The number of ether oxygens (including phenoxy) is 1. The predicted octanol–water partition coefficient (Wildman–Crippen LogP) is 4.51. The van der Waals surface area contributed by atoms with Crippen LogP contribution in [0.4, 0.5) is 0 Å². The maximum atomic E-state index is 13.1. The number of carbonyl (C=O) groups excluding carboxylic acids is 2. The van der Waals surface area contributed by atoms with Gasteiger partial charge in [-0.1, -0.05) is 66.2 Å². The van der Waals surface area contributed by atoms with Crippen molar-refractivity contribution < 1.29 is 14.3 Å². The zero-order chi connectivity index (χ0) is 20.1. The van der Waals surface area contributed by atoms with Crippen LogP contribution in [0.15, 0.2) is 72.8 Å². The lowest BCUT2D eigenvalue weighted by atomic mass is 9.97. The summed E-state index contributed by atoms with van der Waals surface area (Å²) in [7, 11) is 3.34. The van der Waals surface area contributed by atoms with Gasteiger partial charge in [0.05, 0.1) is 12.7 Å². The molecule has 0 N–H and O–H groups in total. The smallest absolute Gasteiger partial charge is 0.254 e. The molecule has 28 heavy (non-hydrogen) atoms. The van der Waals surface area contributed by atoms with Gasteiger partial charge in [0, 0.05) is 30.3 Å². The van der Waals surface area contributed by atoms with Crippen LogP contribution in [0.2, 0.25) is 0 Å². The molecule has 3 aromatic rings. The molecule has 0 aliphatic heterocycles. The Hall–Kier alpha value is -3.40. The summed E-state index contributed by atoms with van der Waals surface area (Å²) in [6.45, 7) is 2.39. The van der Waals surface area contributed by atoms with Crippen LogP contribution in [0.1, 0.15) is 37.4 Å². The van der Waals surface area contributed by atoms with E-state index in [9.17, 15) is 9.59 Å². The Kier molecular flexibility index (Phi) is 5.90. The molecule has 0 fully saturated rings. The number of benzene rings is 3. The van der Waals surface area contributed by atoms with Crippen molar-refractivity contribution >= 4 is 11.7 Å². The second-order valence-corrected chi connectivity index (χ2v) is 6.72. The lowest BCUT2D eigenvalue weighted by Gasteiger charge is -2.20. The van der Waals surface area contributed by atoms with Crippen molar-refractivity contribution in [1.29, 1.82) is 0 Å². The van der Waals surface area contributed by atoms with Crippen LogP contribution in [0.25, 0.3) is 0 Å². The van der Waals surface area contributed by atoms with Crippen LogP contribution in [0, 0.1) is 6.92 Å². The molecule has 142 valence electrons. The summed E-state index contributed by atoms with van der Waals surface area (Å²) >= 11 is 0. The van der Waals surface area contributed by atoms with Gasteiger partial charge in [-0.2, -0.15) is 0 Å². The summed E-state index contributed by atoms with van der Waals surface area (Å²) in [6.07, 6.45) is 0. The molecule has 0 saturated carbocycles. The molecule has 4 nitrogen and oxygen atoms in total. The largest absolute Gasteiger partial charge is 0.496 e.